The van der Waals surface area contributed by atoms with Crippen LogP contribution in [-0.2, 0) is 4.74 Å². The third-order valence-corrected chi connectivity index (χ3v) is 4.32. The van der Waals surface area contributed by atoms with Crippen LogP contribution in [-0.4, -0.2) is 35.0 Å². The lowest BCUT2D eigenvalue weighted by Gasteiger charge is -2.13. The number of rotatable bonds is 5. The second kappa shape index (κ2) is 7.95. The maximum Gasteiger partial charge on any atom is 0.337 e. The molecular formula is C19H22N4O3. The molecule has 0 spiro atoms. The number of aryl methyl sites for hydroxylation is 1. The van der Waals surface area contributed by atoms with E-state index in [1.165, 1.54) is 7.11 Å². The summed E-state index contributed by atoms with van der Waals surface area (Å²) in [5.74, 6) is 0.393. The fraction of sp³-hybridized carbons (Fsp3) is 0.368. The van der Waals surface area contributed by atoms with Crippen molar-refractivity contribution in [1.82, 2.24) is 15.3 Å². The highest BCUT2D eigenvalue weighted by Crippen LogP contribution is 2.20. The van der Waals surface area contributed by atoms with Gasteiger partial charge in [0.25, 0.3) is 5.91 Å². The number of nitrogens with zero attached hydrogens (tertiary/aromatic N) is 2. The molecule has 26 heavy (non-hydrogen) atoms. The van der Waals surface area contributed by atoms with Crippen molar-refractivity contribution in [2.24, 2.45) is 0 Å². The quantitative estimate of drug-likeness (QED) is 0.802. The molecule has 1 aliphatic rings. The molecule has 1 aromatic heterocycles. The van der Waals surface area contributed by atoms with Crippen molar-refractivity contribution in [3.63, 3.8) is 0 Å². The van der Waals surface area contributed by atoms with Crippen molar-refractivity contribution in [3.05, 3.63) is 47.4 Å². The first-order valence-electron chi connectivity index (χ1n) is 8.67. The molecule has 1 heterocycles. The van der Waals surface area contributed by atoms with E-state index >= 15 is 0 Å². The van der Waals surface area contributed by atoms with Crippen molar-refractivity contribution in [2.75, 3.05) is 12.4 Å². The number of carbonyl (C=O) groups excluding carboxylic acids is 2. The first-order chi connectivity index (χ1) is 12.5. The minimum absolute atomic E-state index is 0.186. The monoisotopic (exact) mass is 354 g/mol. The van der Waals surface area contributed by atoms with Gasteiger partial charge in [-0.25, -0.2) is 14.8 Å². The predicted octanol–water partition coefficient (Wildman–Crippen LogP) is 2.99. The van der Waals surface area contributed by atoms with E-state index in [9.17, 15) is 9.59 Å². The van der Waals surface area contributed by atoms with E-state index in [1.807, 2.05) is 6.07 Å². The Morgan fingerprint density at radius 2 is 1.92 bits per heavy atom. The summed E-state index contributed by atoms with van der Waals surface area (Å²) in [5, 5.41) is 6.14. The summed E-state index contributed by atoms with van der Waals surface area (Å²) in [6.45, 7) is 1.74. The van der Waals surface area contributed by atoms with Gasteiger partial charge >= 0.3 is 5.97 Å². The van der Waals surface area contributed by atoms with Crippen LogP contribution in [0, 0.1) is 6.92 Å². The summed E-state index contributed by atoms with van der Waals surface area (Å²) in [6, 6.07) is 8.73. The molecular weight excluding hydrogens is 332 g/mol. The van der Waals surface area contributed by atoms with Crippen LogP contribution in [0.4, 0.5) is 11.5 Å². The molecule has 7 nitrogen and oxygen atoms in total. The van der Waals surface area contributed by atoms with Crippen molar-refractivity contribution in [1.29, 1.82) is 0 Å². The number of carbonyl (C=O) groups is 2. The number of aromatic nitrogens is 2. The summed E-state index contributed by atoms with van der Waals surface area (Å²) in [6.07, 6.45) is 4.33. The number of hydrogen-bond acceptors (Lipinski definition) is 6. The van der Waals surface area contributed by atoms with Crippen molar-refractivity contribution >= 4 is 23.4 Å². The Labute approximate surface area is 152 Å². The van der Waals surface area contributed by atoms with Crippen molar-refractivity contribution in [3.8, 4) is 0 Å². The largest absolute Gasteiger partial charge is 0.465 e. The van der Waals surface area contributed by atoms with E-state index in [0.717, 1.165) is 25.7 Å². The van der Waals surface area contributed by atoms with E-state index < -0.39 is 5.97 Å². The minimum Gasteiger partial charge on any atom is -0.465 e. The summed E-state index contributed by atoms with van der Waals surface area (Å²) in [5.41, 5.74) is 1.44. The zero-order valence-electron chi connectivity index (χ0n) is 14.9. The lowest BCUT2D eigenvalue weighted by molar-refractivity contribution is 0.0600. The molecule has 0 unspecified atom stereocenters. The normalized spacial score (nSPS) is 14.1. The van der Waals surface area contributed by atoms with Gasteiger partial charge in [-0.2, -0.15) is 0 Å². The van der Waals surface area contributed by atoms with Gasteiger partial charge in [-0.1, -0.05) is 18.9 Å². The van der Waals surface area contributed by atoms with Crippen LogP contribution in [0.5, 0.6) is 0 Å². The Kier molecular flexibility index (Phi) is 5.46. The number of benzene rings is 1. The molecule has 0 atom stereocenters. The number of ether oxygens (including phenoxy) is 1. The van der Waals surface area contributed by atoms with Gasteiger partial charge in [0.2, 0.25) is 0 Å². The molecule has 0 saturated heterocycles. The lowest BCUT2D eigenvalue weighted by Crippen LogP contribution is -2.33. The Morgan fingerprint density at radius 3 is 2.65 bits per heavy atom. The molecule has 136 valence electrons. The number of methoxy groups -OCH3 is 1. The van der Waals surface area contributed by atoms with Gasteiger partial charge in [0.05, 0.1) is 12.7 Å². The first-order valence-corrected chi connectivity index (χ1v) is 8.67. The lowest BCUT2D eigenvalue weighted by atomic mass is 10.2. The van der Waals surface area contributed by atoms with Crippen molar-refractivity contribution in [2.45, 2.75) is 38.6 Å². The highest BCUT2D eigenvalue weighted by molar-refractivity contribution is 5.93. The van der Waals surface area contributed by atoms with Gasteiger partial charge in [-0.05, 0) is 38.0 Å². The maximum absolute atomic E-state index is 12.4. The second-order valence-corrected chi connectivity index (χ2v) is 6.34. The maximum atomic E-state index is 12.4. The number of hydrogen-bond donors (Lipinski definition) is 2. The molecule has 1 aliphatic carbocycles. The van der Waals surface area contributed by atoms with Gasteiger partial charge in [0.15, 0.2) is 0 Å². The molecule has 1 amide bonds. The molecule has 2 N–H and O–H groups in total. The van der Waals surface area contributed by atoms with Crippen molar-refractivity contribution < 1.29 is 14.3 Å². The number of anilines is 2. The Morgan fingerprint density at radius 1 is 1.15 bits per heavy atom. The summed E-state index contributed by atoms with van der Waals surface area (Å²) in [4.78, 5) is 32.7. The van der Waals surface area contributed by atoms with E-state index in [1.54, 1.807) is 31.2 Å². The fourth-order valence-electron chi connectivity index (χ4n) is 3.07. The molecule has 1 fully saturated rings. The Balaban J connectivity index is 1.77. The minimum atomic E-state index is -0.413. The molecule has 1 saturated carbocycles. The van der Waals surface area contributed by atoms with Crippen LogP contribution in [0.1, 0.15) is 52.4 Å². The Bertz CT molecular complexity index is 816. The summed E-state index contributed by atoms with van der Waals surface area (Å²) >= 11 is 0. The van der Waals surface area contributed by atoms with E-state index in [4.69, 9.17) is 4.74 Å². The van der Waals surface area contributed by atoms with Crippen LogP contribution in [0.3, 0.4) is 0 Å². The summed E-state index contributed by atoms with van der Waals surface area (Å²) in [7, 11) is 1.34. The average molecular weight is 354 g/mol. The van der Waals surface area contributed by atoms with Crippen LogP contribution in [0.25, 0.3) is 0 Å². The SMILES string of the molecule is COC(=O)c1cccc(Nc2cc(C(=O)NC3CCCC3)nc(C)n2)c1. The molecule has 0 radical (unpaired) electrons. The molecule has 1 aromatic carbocycles. The van der Waals surface area contributed by atoms with Gasteiger partial charge < -0.3 is 15.4 Å². The van der Waals surface area contributed by atoms with E-state index in [2.05, 4.69) is 20.6 Å². The van der Waals surface area contributed by atoms with Crippen LogP contribution in [0.15, 0.2) is 30.3 Å². The zero-order valence-corrected chi connectivity index (χ0v) is 14.9. The number of esters is 1. The predicted molar refractivity (Wildman–Crippen MR) is 97.6 cm³/mol. The Hall–Kier alpha value is -2.96. The van der Waals surface area contributed by atoms with Crippen LogP contribution in [0.2, 0.25) is 0 Å². The highest BCUT2D eigenvalue weighted by Gasteiger charge is 2.19. The molecule has 2 aromatic rings. The zero-order chi connectivity index (χ0) is 18.5. The molecule has 7 heteroatoms. The van der Waals surface area contributed by atoms with Crippen LogP contribution < -0.4 is 10.6 Å². The first kappa shape index (κ1) is 17.8. The average Bonchev–Trinajstić information content (AvgIpc) is 3.13. The van der Waals surface area contributed by atoms with E-state index in [0.29, 0.717) is 28.6 Å². The molecule has 3 rings (SSSR count). The second-order valence-electron chi connectivity index (χ2n) is 6.34. The van der Waals surface area contributed by atoms with Gasteiger partial charge in [0.1, 0.15) is 17.3 Å². The van der Waals surface area contributed by atoms with Crippen LogP contribution >= 0.6 is 0 Å². The molecule has 0 aliphatic heterocycles. The van der Waals surface area contributed by atoms with E-state index in [-0.39, 0.29) is 11.9 Å². The smallest absolute Gasteiger partial charge is 0.337 e. The number of nitrogens with one attached hydrogen (secondary N) is 2. The topological polar surface area (TPSA) is 93.2 Å². The van der Waals surface area contributed by atoms with Gasteiger partial charge in [0, 0.05) is 17.8 Å². The third kappa shape index (κ3) is 4.36. The standard InChI is InChI=1S/C19H22N4O3/c1-12-20-16(18(24)23-14-7-3-4-8-14)11-17(21-12)22-15-9-5-6-13(10-15)19(25)26-2/h5-6,9-11,14H,3-4,7-8H2,1-2H3,(H,23,24)(H,20,21,22). The third-order valence-electron chi connectivity index (χ3n) is 4.32. The molecule has 0 bridgehead atoms. The number of amides is 1. The van der Waals surface area contributed by atoms with Gasteiger partial charge in [-0.3, -0.25) is 4.79 Å². The van der Waals surface area contributed by atoms with Gasteiger partial charge in [-0.15, -0.1) is 0 Å². The summed E-state index contributed by atoms with van der Waals surface area (Å²) < 4.78 is 4.73. The highest BCUT2D eigenvalue weighted by atomic mass is 16.5. The fourth-order valence-corrected chi connectivity index (χ4v) is 3.07.